The van der Waals surface area contributed by atoms with Gasteiger partial charge in [-0.3, -0.25) is 14.9 Å². The van der Waals surface area contributed by atoms with Gasteiger partial charge in [0, 0.05) is 12.6 Å². The van der Waals surface area contributed by atoms with E-state index in [9.17, 15) is 14.9 Å². The third-order valence-corrected chi connectivity index (χ3v) is 4.47. The molecule has 0 heterocycles. The van der Waals surface area contributed by atoms with Crippen LogP contribution >= 0.6 is 11.8 Å². The van der Waals surface area contributed by atoms with E-state index < -0.39 is 6.04 Å². The first-order valence-corrected chi connectivity index (χ1v) is 8.93. The van der Waals surface area contributed by atoms with Gasteiger partial charge in [-0.05, 0) is 35.4 Å². The number of nitro groups is 1. The van der Waals surface area contributed by atoms with Gasteiger partial charge >= 0.3 is 5.97 Å². The monoisotopic (exact) mass is 348 g/mol. The Hall–Kier alpha value is -2.12. The van der Waals surface area contributed by atoms with Crippen LogP contribution in [0.25, 0.3) is 10.8 Å². The van der Waals surface area contributed by atoms with Gasteiger partial charge in [0.25, 0.3) is 5.69 Å². The zero-order valence-corrected chi connectivity index (χ0v) is 14.5. The van der Waals surface area contributed by atoms with E-state index in [1.54, 1.807) is 30.0 Å². The number of benzene rings is 2. The van der Waals surface area contributed by atoms with Crippen LogP contribution in [0.3, 0.4) is 0 Å². The molecule has 2 aromatic rings. The van der Waals surface area contributed by atoms with Crippen LogP contribution in [0.5, 0.6) is 0 Å². The lowest BCUT2D eigenvalue weighted by Gasteiger charge is -2.16. The quantitative estimate of drug-likeness (QED) is 0.448. The molecule has 0 radical (unpaired) electrons. The van der Waals surface area contributed by atoms with Crippen LogP contribution in [0.1, 0.15) is 12.0 Å². The van der Waals surface area contributed by atoms with Crippen molar-refractivity contribution in [3.63, 3.8) is 0 Å². The number of hydrogen-bond acceptors (Lipinski definition) is 6. The summed E-state index contributed by atoms with van der Waals surface area (Å²) in [4.78, 5) is 22.6. The molecule has 0 bridgehead atoms. The Balaban J connectivity index is 2.24. The Kier molecular flexibility index (Phi) is 6.57. The third-order valence-electron chi connectivity index (χ3n) is 3.82. The number of nitro benzene ring substituents is 1. The minimum atomic E-state index is -0.392. The fourth-order valence-corrected chi connectivity index (χ4v) is 3.06. The number of esters is 1. The second-order valence-electron chi connectivity index (χ2n) is 5.28. The van der Waals surface area contributed by atoms with Gasteiger partial charge in [0.1, 0.15) is 6.04 Å². The summed E-state index contributed by atoms with van der Waals surface area (Å²) in [5.41, 5.74) is 0.996. The molecule has 0 amide bonds. The standard InChI is InChI=1S/C17H20N2O4S/c1-23-17(20)15(9-10-24-2)18-11-12-5-3-7-14-13(12)6-4-8-16(14)19(21)22/h3-8,15,18H,9-11H2,1-2H3/t15-/m0/s1. The minimum absolute atomic E-state index is 0.0845. The molecule has 0 saturated heterocycles. The number of ether oxygens (including phenoxy) is 1. The number of carbonyl (C=O) groups excluding carboxylic acids is 1. The number of non-ortho nitro benzene ring substituents is 1. The SMILES string of the molecule is COC(=O)[C@H](CCSC)NCc1cccc2c([N+](=O)[O-])cccc12. The van der Waals surface area contributed by atoms with Gasteiger partial charge in [-0.2, -0.15) is 11.8 Å². The van der Waals surface area contributed by atoms with E-state index >= 15 is 0 Å². The predicted molar refractivity (Wildman–Crippen MR) is 96.2 cm³/mol. The summed E-state index contributed by atoms with van der Waals surface area (Å²) >= 11 is 1.66. The highest BCUT2D eigenvalue weighted by Gasteiger charge is 2.19. The summed E-state index contributed by atoms with van der Waals surface area (Å²) in [5.74, 6) is 0.545. The Bertz CT molecular complexity index is 736. The van der Waals surface area contributed by atoms with Crippen molar-refractivity contribution in [2.24, 2.45) is 0 Å². The van der Waals surface area contributed by atoms with Crippen molar-refractivity contribution in [3.8, 4) is 0 Å². The Morgan fingerprint density at radius 2 is 2.00 bits per heavy atom. The molecule has 1 N–H and O–H groups in total. The molecule has 0 aliphatic rings. The van der Waals surface area contributed by atoms with E-state index in [4.69, 9.17) is 4.74 Å². The highest BCUT2D eigenvalue weighted by atomic mass is 32.2. The lowest BCUT2D eigenvalue weighted by molar-refractivity contribution is -0.383. The molecule has 128 valence electrons. The summed E-state index contributed by atoms with van der Waals surface area (Å²) in [6.07, 6.45) is 2.65. The van der Waals surface area contributed by atoms with Crippen LogP contribution in [-0.4, -0.2) is 36.1 Å². The number of carbonyl (C=O) groups is 1. The van der Waals surface area contributed by atoms with Gasteiger partial charge in [0.15, 0.2) is 0 Å². The Morgan fingerprint density at radius 3 is 2.67 bits per heavy atom. The molecule has 7 heteroatoms. The van der Waals surface area contributed by atoms with E-state index in [0.29, 0.717) is 18.4 Å². The van der Waals surface area contributed by atoms with E-state index in [-0.39, 0.29) is 16.6 Å². The summed E-state index contributed by atoms with van der Waals surface area (Å²) in [7, 11) is 1.37. The average molecular weight is 348 g/mol. The number of fused-ring (bicyclic) bond motifs is 1. The number of nitrogens with zero attached hydrogens (tertiary/aromatic N) is 1. The van der Waals surface area contributed by atoms with Gasteiger partial charge < -0.3 is 10.1 Å². The number of rotatable bonds is 8. The molecular weight excluding hydrogens is 328 g/mol. The number of nitrogens with one attached hydrogen (secondary N) is 1. The number of methoxy groups -OCH3 is 1. The predicted octanol–water partition coefficient (Wildman–Crippen LogP) is 3.13. The fourth-order valence-electron chi connectivity index (χ4n) is 2.59. The zero-order valence-electron chi connectivity index (χ0n) is 13.7. The maximum absolute atomic E-state index is 11.9. The molecule has 0 aliphatic carbocycles. The topological polar surface area (TPSA) is 81.5 Å². The van der Waals surface area contributed by atoms with Crippen LogP contribution in [0.15, 0.2) is 36.4 Å². The van der Waals surface area contributed by atoms with Crippen LogP contribution in [0, 0.1) is 10.1 Å². The van der Waals surface area contributed by atoms with Crippen molar-refractivity contribution in [1.29, 1.82) is 0 Å². The van der Waals surface area contributed by atoms with Crippen LogP contribution in [0.4, 0.5) is 5.69 Å². The first kappa shape index (κ1) is 18.2. The summed E-state index contributed by atoms with van der Waals surface area (Å²) in [6.45, 7) is 0.437. The van der Waals surface area contributed by atoms with Gasteiger partial charge in [-0.1, -0.05) is 24.3 Å². The number of thioether (sulfide) groups is 1. The van der Waals surface area contributed by atoms with E-state index in [2.05, 4.69) is 5.32 Å². The van der Waals surface area contributed by atoms with Crippen molar-refractivity contribution in [3.05, 3.63) is 52.1 Å². The number of hydrogen-bond donors (Lipinski definition) is 1. The van der Waals surface area contributed by atoms with Crippen molar-refractivity contribution in [1.82, 2.24) is 5.32 Å². The maximum Gasteiger partial charge on any atom is 0.322 e. The van der Waals surface area contributed by atoms with E-state index in [1.165, 1.54) is 13.2 Å². The van der Waals surface area contributed by atoms with Gasteiger partial charge in [0.05, 0.1) is 17.4 Å². The summed E-state index contributed by atoms with van der Waals surface area (Å²) in [6, 6.07) is 10.1. The van der Waals surface area contributed by atoms with Gasteiger partial charge in [0.2, 0.25) is 0 Å². The molecule has 2 aromatic carbocycles. The normalized spacial score (nSPS) is 12.1. The molecule has 6 nitrogen and oxygen atoms in total. The molecule has 2 rings (SSSR count). The van der Waals surface area contributed by atoms with Crippen molar-refractivity contribution < 1.29 is 14.5 Å². The van der Waals surface area contributed by atoms with Gasteiger partial charge in [-0.15, -0.1) is 0 Å². The molecule has 1 atom stereocenters. The van der Waals surface area contributed by atoms with Crippen LogP contribution in [0.2, 0.25) is 0 Å². The molecule has 0 aromatic heterocycles. The molecular formula is C17H20N2O4S. The molecule has 24 heavy (non-hydrogen) atoms. The Labute approximate surface area is 144 Å². The summed E-state index contributed by atoms with van der Waals surface area (Å²) < 4.78 is 4.84. The van der Waals surface area contributed by atoms with Crippen LogP contribution in [-0.2, 0) is 16.1 Å². The van der Waals surface area contributed by atoms with Crippen molar-refractivity contribution >= 4 is 34.2 Å². The summed E-state index contributed by atoms with van der Waals surface area (Å²) in [5, 5.41) is 15.8. The van der Waals surface area contributed by atoms with Crippen molar-refractivity contribution in [2.75, 3.05) is 19.1 Å². The fraction of sp³-hybridized carbons (Fsp3) is 0.353. The first-order chi connectivity index (χ1) is 11.6. The second-order valence-corrected chi connectivity index (χ2v) is 6.27. The highest BCUT2D eigenvalue weighted by molar-refractivity contribution is 7.98. The maximum atomic E-state index is 11.9. The molecule has 0 spiro atoms. The van der Waals surface area contributed by atoms with Crippen molar-refractivity contribution in [2.45, 2.75) is 19.0 Å². The van der Waals surface area contributed by atoms with E-state index in [0.717, 1.165) is 16.7 Å². The van der Waals surface area contributed by atoms with Gasteiger partial charge in [-0.25, -0.2) is 0 Å². The smallest absolute Gasteiger partial charge is 0.322 e. The average Bonchev–Trinajstić information content (AvgIpc) is 2.60. The lowest BCUT2D eigenvalue weighted by atomic mass is 10.0. The van der Waals surface area contributed by atoms with E-state index in [1.807, 2.05) is 18.4 Å². The third kappa shape index (κ3) is 4.24. The molecule has 0 unspecified atom stereocenters. The molecule has 0 saturated carbocycles. The highest BCUT2D eigenvalue weighted by Crippen LogP contribution is 2.27. The lowest BCUT2D eigenvalue weighted by Crippen LogP contribution is -2.37. The first-order valence-electron chi connectivity index (χ1n) is 7.53. The molecule has 0 fully saturated rings. The minimum Gasteiger partial charge on any atom is -0.468 e. The molecule has 0 aliphatic heterocycles. The Morgan fingerprint density at radius 1 is 1.29 bits per heavy atom. The largest absolute Gasteiger partial charge is 0.468 e. The van der Waals surface area contributed by atoms with Crippen LogP contribution < -0.4 is 5.32 Å². The second kappa shape index (κ2) is 8.65. The zero-order chi connectivity index (χ0) is 17.5.